The number of aryl methyl sites for hydroxylation is 1. The van der Waals surface area contributed by atoms with Crippen molar-refractivity contribution in [1.82, 2.24) is 4.98 Å². The molecule has 0 bridgehead atoms. The molecule has 1 aliphatic heterocycles. The third-order valence-electron chi connectivity index (χ3n) is 5.12. The predicted molar refractivity (Wildman–Crippen MR) is 128 cm³/mol. The SMILES string of the molecule is COC(=O)c1sc(N2C(=O)C(O)=C(S(=O)(=O)c3ccc(Cl)cc3)[C@H]2c2ccc(Cl)cc2)nc1C. The Morgan fingerprint density at radius 1 is 1.09 bits per heavy atom. The third-order valence-corrected chi connectivity index (χ3v) is 8.65. The highest BCUT2D eigenvalue weighted by Gasteiger charge is 2.49. The van der Waals surface area contributed by atoms with Crippen molar-refractivity contribution in [3.8, 4) is 0 Å². The number of aromatic nitrogens is 1. The molecule has 0 spiro atoms. The van der Waals surface area contributed by atoms with Gasteiger partial charge in [0.05, 0.1) is 17.7 Å². The summed E-state index contributed by atoms with van der Waals surface area (Å²) in [6.07, 6.45) is 0. The number of anilines is 1. The fourth-order valence-electron chi connectivity index (χ4n) is 3.51. The lowest BCUT2D eigenvalue weighted by atomic mass is 10.1. The van der Waals surface area contributed by atoms with Crippen molar-refractivity contribution < 1.29 is 27.9 Å². The van der Waals surface area contributed by atoms with E-state index in [0.717, 1.165) is 16.2 Å². The minimum absolute atomic E-state index is 0.0238. The fourth-order valence-corrected chi connectivity index (χ4v) is 6.40. The summed E-state index contributed by atoms with van der Waals surface area (Å²) < 4.78 is 32.0. The van der Waals surface area contributed by atoms with E-state index in [0.29, 0.717) is 21.3 Å². The van der Waals surface area contributed by atoms with Gasteiger partial charge >= 0.3 is 5.97 Å². The molecule has 176 valence electrons. The number of halogens is 2. The zero-order valence-electron chi connectivity index (χ0n) is 17.7. The van der Waals surface area contributed by atoms with Gasteiger partial charge in [-0.15, -0.1) is 0 Å². The average molecular weight is 539 g/mol. The number of nitrogens with zero attached hydrogens (tertiary/aromatic N) is 2. The Balaban J connectivity index is 1.93. The predicted octanol–water partition coefficient (Wildman–Crippen LogP) is 4.88. The van der Waals surface area contributed by atoms with Gasteiger partial charge in [-0.1, -0.05) is 46.7 Å². The smallest absolute Gasteiger partial charge is 0.350 e. The number of thiazole rings is 1. The molecule has 1 amide bonds. The first-order valence-corrected chi connectivity index (χ1v) is 12.7. The monoisotopic (exact) mass is 538 g/mol. The summed E-state index contributed by atoms with van der Waals surface area (Å²) in [5, 5.41) is 11.5. The molecule has 2 aromatic carbocycles. The van der Waals surface area contributed by atoms with Gasteiger partial charge in [0.15, 0.2) is 10.9 Å². The minimum Gasteiger partial charge on any atom is -0.502 e. The first kappa shape index (κ1) is 24.2. The molecule has 2 heterocycles. The van der Waals surface area contributed by atoms with Crippen LogP contribution in [0.3, 0.4) is 0 Å². The lowest BCUT2D eigenvalue weighted by Crippen LogP contribution is -2.31. The molecule has 3 aromatic rings. The number of aliphatic hydroxyl groups is 1. The number of ether oxygens (including phenoxy) is 1. The molecule has 12 heteroatoms. The molecule has 0 radical (unpaired) electrons. The lowest BCUT2D eigenvalue weighted by Gasteiger charge is -2.24. The molecule has 8 nitrogen and oxygen atoms in total. The van der Waals surface area contributed by atoms with Gasteiger partial charge in [-0.3, -0.25) is 9.69 Å². The Hall–Kier alpha value is -2.92. The van der Waals surface area contributed by atoms with Crippen LogP contribution in [-0.4, -0.2) is 37.5 Å². The maximum Gasteiger partial charge on any atom is 0.350 e. The van der Waals surface area contributed by atoms with E-state index in [1.807, 2.05) is 0 Å². The van der Waals surface area contributed by atoms with Crippen LogP contribution in [0.15, 0.2) is 64.1 Å². The summed E-state index contributed by atoms with van der Waals surface area (Å²) in [6.45, 7) is 1.56. The molecule has 0 saturated carbocycles. The maximum atomic E-state index is 13.6. The zero-order chi connectivity index (χ0) is 24.8. The molecule has 1 N–H and O–H groups in total. The van der Waals surface area contributed by atoms with Gasteiger partial charge in [-0.2, -0.15) is 0 Å². The summed E-state index contributed by atoms with van der Waals surface area (Å²) in [6, 6.07) is 10.3. The Kier molecular flexibility index (Phi) is 6.43. The van der Waals surface area contributed by atoms with Crippen LogP contribution in [0.1, 0.15) is 27.0 Å². The van der Waals surface area contributed by atoms with Crippen molar-refractivity contribution in [3.63, 3.8) is 0 Å². The second-order valence-electron chi connectivity index (χ2n) is 7.20. The first-order chi connectivity index (χ1) is 16.1. The molecule has 4 rings (SSSR count). The summed E-state index contributed by atoms with van der Waals surface area (Å²) >= 11 is 12.8. The Bertz CT molecular complexity index is 1430. The van der Waals surface area contributed by atoms with E-state index >= 15 is 0 Å². The summed E-state index contributed by atoms with van der Waals surface area (Å²) in [5.74, 6) is -2.57. The normalized spacial score (nSPS) is 16.3. The Morgan fingerprint density at radius 3 is 2.21 bits per heavy atom. The van der Waals surface area contributed by atoms with E-state index in [-0.39, 0.29) is 14.9 Å². The topological polar surface area (TPSA) is 114 Å². The number of rotatable bonds is 5. The number of esters is 1. The second-order valence-corrected chi connectivity index (χ2v) is 11.0. The van der Waals surface area contributed by atoms with Gasteiger partial charge in [0, 0.05) is 10.0 Å². The van der Waals surface area contributed by atoms with Crippen molar-refractivity contribution in [2.75, 3.05) is 12.0 Å². The van der Waals surface area contributed by atoms with Crippen molar-refractivity contribution in [2.24, 2.45) is 0 Å². The molecule has 0 saturated heterocycles. The minimum atomic E-state index is -4.35. The summed E-state index contributed by atoms with van der Waals surface area (Å²) in [4.78, 5) is 30.1. The van der Waals surface area contributed by atoms with Crippen LogP contribution in [0, 0.1) is 6.92 Å². The zero-order valence-corrected chi connectivity index (χ0v) is 20.8. The van der Waals surface area contributed by atoms with Crippen molar-refractivity contribution >= 4 is 61.4 Å². The van der Waals surface area contributed by atoms with Crippen LogP contribution in [0.4, 0.5) is 5.13 Å². The van der Waals surface area contributed by atoms with E-state index in [1.54, 1.807) is 19.1 Å². The number of methoxy groups -OCH3 is 1. The van der Waals surface area contributed by atoms with Crippen LogP contribution in [0.5, 0.6) is 0 Å². The van der Waals surface area contributed by atoms with Gasteiger partial charge in [-0.05, 0) is 48.9 Å². The highest BCUT2D eigenvalue weighted by Crippen LogP contribution is 2.46. The molecular formula is C22H16Cl2N2O6S2. The second kappa shape index (κ2) is 9.03. The number of hydrogen-bond donors (Lipinski definition) is 1. The third kappa shape index (κ3) is 4.07. The van der Waals surface area contributed by atoms with Gasteiger partial charge in [0.1, 0.15) is 15.8 Å². The largest absolute Gasteiger partial charge is 0.502 e. The van der Waals surface area contributed by atoms with E-state index in [9.17, 15) is 23.1 Å². The summed E-state index contributed by atoms with van der Waals surface area (Å²) in [5.41, 5.74) is 0.657. The number of hydrogen-bond acceptors (Lipinski definition) is 8. The maximum absolute atomic E-state index is 13.6. The van der Waals surface area contributed by atoms with E-state index < -0.39 is 38.4 Å². The van der Waals surface area contributed by atoms with Crippen molar-refractivity contribution in [1.29, 1.82) is 0 Å². The van der Waals surface area contributed by atoms with Crippen LogP contribution in [0.25, 0.3) is 0 Å². The van der Waals surface area contributed by atoms with Gasteiger partial charge in [0.2, 0.25) is 9.84 Å². The lowest BCUT2D eigenvalue weighted by molar-refractivity contribution is -0.117. The Labute approximate surface area is 208 Å². The highest BCUT2D eigenvalue weighted by atomic mass is 35.5. The van der Waals surface area contributed by atoms with Crippen LogP contribution in [-0.2, 0) is 19.4 Å². The quantitative estimate of drug-likeness (QED) is 0.460. The molecule has 1 atom stereocenters. The van der Waals surface area contributed by atoms with Crippen LogP contribution >= 0.6 is 34.5 Å². The van der Waals surface area contributed by atoms with E-state index in [4.69, 9.17) is 27.9 Å². The molecule has 34 heavy (non-hydrogen) atoms. The number of carbonyl (C=O) groups is 2. The van der Waals surface area contributed by atoms with Crippen LogP contribution < -0.4 is 4.90 Å². The van der Waals surface area contributed by atoms with E-state index in [2.05, 4.69) is 4.98 Å². The number of carbonyl (C=O) groups excluding carboxylic acids is 2. The van der Waals surface area contributed by atoms with Gasteiger partial charge < -0.3 is 9.84 Å². The molecular weight excluding hydrogens is 523 g/mol. The fraction of sp³-hybridized carbons (Fsp3) is 0.136. The van der Waals surface area contributed by atoms with Crippen molar-refractivity contribution in [3.05, 3.63) is 85.4 Å². The molecule has 1 aromatic heterocycles. The van der Waals surface area contributed by atoms with Crippen molar-refractivity contribution in [2.45, 2.75) is 17.9 Å². The van der Waals surface area contributed by atoms with E-state index in [1.165, 1.54) is 43.5 Å². The number of benzene rings is 2. The van der Waals surface area contributed by atoms with Crippen LogP contribution in [0.2, 0.25) is 10.0 Å². The number of sulfone groups is 1. The molecule has 1 aliphatic rings. The molecule has 0 unspecified atom stereocenters. The standard InChI is InChI=1S/C22H16Cl2N2O6S2/c1-11-18(21(29)32-2)33-22(25-11)26-16(12-3-5-13(23)6-4-12)19(17(27)20(26)28)34(30,31)15-9-7-14(24)8-10-15/h3-10,16,27H,1-2H3/t16-/m1/s1. The highest BCUT2D eigenvalue weighted by molar-refractivity contribution is 7.95. The average Bonchev–Trinajstić information content (AvgIpc) is 3.31. The summed E-state index contributed by atoms with van der Waals surface area (Å²) in [7, 11) is -3.14. The molecule has 0 fully saturated rings. The molecule has 0 aliphatic carbocycles. The first-order valence-electron chi connectivity index (χ1n) is 9.64. The Morgan fingerprint density at radius 2 is 1.65 bits per heavy atom. The number of aliphatic hydroxyl groups excluding tert-OH is 1. The van der Waals surface area contributed by atoms with Gasteiger partial charge in [0.25, 0.3) is 5.91 Å². The van der Waals surface area contributed by atoms with Gasteiger partial charge in [-0.25, -0.2) is 18.2 Å². The number of amides is 1.